The molecule has 0 N–H and O–H groups in total. The molecule has 0 aliphatic heterocycles. The molecular weight excluding hydrogens is 249 g/mol. The molecule has 0 atom stereocenters. The molecule has 0 saturated heterocycles. The summed E-state index contributed by atoms with van der Waals surface area (Å²) in [6.07, 6.45) is 4.84. The predicted octanol–water partition coefficient (Wildman–Crippen LogP) is 2.60. The molecular formula is C11H14N2Y-2. The van der Waals surface area contributed by atoms with Crippen molar-refractivity contribution in [3.63, 3.8) is 0 Å². The SMILES string of the molecule is C[CH-]C.Cn1[c-]nc2ccccc21.[Y]. The van der Waals surface area contributed by atoms with Crippen LogP contribution in [0.5, 0.6) is 0 Å². The second kappa shape index (κ2) is 7.13. The molecule has 0 saturated carbocycles. The number of hydrogen-bond donors (Lipinski definition) is 0. The molecule has 2 rings (SSSR count). The Kier molecular flexibility index (Phi) is 7.03. The van der Waals surface area contributed by atoms with Gasteiger partial charge in [0.1, 0.15) is 0 Å². The van der Waals surface area contributed by atoms with Crippen molar-refractivity contribution >= 4 is 11.0 Å². The zero-order chi connectivity index (χ0) is 9.68. The van der Waals surface area contributed by atoms with Crippen molar-refractivity contribution in [1.29, 1.82) is 0 Å². The molecule has 0 fully saturated rings. The smallest absolute Gasteiger partial charge is 0.00125 e. The second-order valence-electron chi connectivity index (χ2n) is 2.84. The van der Waals surface area contributed by atoms with E-state index >= 15 is 0 Å². The van der Waals surface area contributed by atoms with Crippen LogP contribution < -0.4 is 0 Å². The summed E-state index contributed by atoms with van der Waals surface area (Å²) >= 11 is 0. The average Bonchev–Trinajstić information content (AvgIpc) is 2.50. The molecule has 73 valence electrons. The van der Waals surface area contributed by atoms with Gasteiger partial charge in [-0.3, -0.25) is 0 Å². The molecule has 0 aliphatic carbocycles. The van der Waals surface area contributed by atoms with Gasteiger partial charge in [-0.05, 0) is 7.05 Å². The third-order valence-corrected chi connectivity index (χ3v) is 1.56. The van der Waals surface area contributed by atoms with Gasteiger partial charge in [0.05, 0.1) is 0 Å². The summed E-state index contributed by atoms with van der Waals surface area (Å²) in [7, 11) is 1.94. The number of fused-ring (bicyclic) bond motifs is 1. The summed E-state index contributed by atoms with van der Waals surface area (Å²) in [6, 6.07) is 7.98. The molecule has 14 heavy (non-hydrogen) atoms. The topological polar surface area (TPSA) is 17.8 Å². The first-order chi connectivity index (χ1) is 6.29. The van der Waals surface area contributed by atoms with Gasteiger partial charge in [-0.2, -0.15) is 13.8 Å². The zero-order valence-corrected chi connectivity index (χ0v) is 11.7. The van der Waals surface area contributed by atoms with Crippen LogP contribution in [0.15, 0.2) is 24.3 Å². The van der Waals surface area contributed by atoms with E-state index in [0.29, 0.717) is 0 Å². The largest absolute Gasteiger partial charge is 0.450 e. The summed E-state index contributed by atoms with van der Waals surface area (Å²) in [6.45, 7) is 4.00. The van der Waals surface area contributed by atoms with Gasteiger partial charge in [0.2, 0.25) is 0 Å². The Labute approximate surface area is 111 Å². The van der Waals surface area contributed by atoms with E-state index < -0.39 is 0 Å². The van der Waals surface area contributed by atoms with Gasteiger partial charge in [-0.1, -0.05) is 23.2 Å². The van der Waals surface area contributed by atoms with Gasteiger partial charge in [-0.15, -0.1) is 12.1 Å². The van der Waals surface area contributed by atoms with Crippen molar-refractivity contribution in [2.45, 2.75) is 13.8 Å². The van der Waals surface area contributed by atoms with Gasteiger partial charge < -0.3 is 16.0 Å². The molecule has 3 heteroatoms. The summed E-state index contributed by atoms with van der Waals surface area (Å²) in [5.74, 6) is 0. The summed E-state index contributed by atoms with van der Waals surface area (Å²) in [4.78, 5) is 4.06. The van der Waals surface area contributed by atoms with Crippen LogP contribution in [0.4, 0.5) is 0 Å². The van der Waals surface area contributed by atoms with Crippen LogP contribution in [0, 0.1) is 12.7 Å². The Balaban J connectivity index is 0.000000381. The zero-order valence-electron chi connectivity index (χ0n) is 8.86. The molecule has 1 aromatic heterocycles. The maximum atomic E-state index is 4.06. The Morgan fingerprint density at radius 2 is 1.86 bits per heavy atom. The molecule has 0 unspecified atom stereocenters. The maximum absolute atomic E-state index is 4.06. The second-order valence-corrected chi connectivity index (χ2v) is 2.84. The minimum Gasteiger partial charge on any atom is -0.450 e. The van der Waals surface area contributed by atoms with E-state index in [4.69, 9.17) is 0 Å². The standard InChI is InChI=1S/C8H7N2.C3H7.Y/c1-10-6-9-7-4-2-3-5-8(7)10;1-3-2;/h2-5H,1H3;3H,1-2H3;/q2*-1;. The minimum absolute atomic E-state index is 0. The molecule has 1 radical (unpaired) electrons. The molecule has 2 nitrogen and oxygen atoms in total. The van der Waals surface area contributed by atoms with Gasteiger partial charge in [0.15, 0.2) is 0 Å². The van der Waals surface area contributed by atoms with Gasteiger partial charge in [0.25, 0.3) is 0 Å². The molecule has 1 aromatic carbocycles. The molecule has 2 aromatic rings. The summed E-state index contributed by atoms with van der Waals surface area (Å²) < 4.78 is 1.88. The Morgan fingerprint density at radius 3 is 2.43 bits per heavy atom. The Hall–Kier alpha value is -0.206. The number of para-hydroxylation sites is 2. The number of imidazole rings is 1. The quantitative estimate of drug-likeness (QED) is 0.668. The van der Waals surface area contributed by atoms with E-state index in [1.54, 1.807) is 0 Å². The van der Waals surface area contributed by atoms with Gasteiger partial charge in [-0.25, -0.2) is 0 Å². The summed E-state index contributed by atoms with van der Waals surface area (Å²) in [5.41, 5.74) is 2.13. The number of benzene rings is 1. The van der Waals surface area contributed by atoms with E-state index in [-0.39, 0.29) is 32.7 Å². The first kappa shape index (κ1) is 13.8. The van der Waals surface area contributed by atoms with E-state index in [1.807, 2.05) is 56.1 Å². The first-order valence-electron chi connectivity index (χ1n) is 4.32. The Bertz CT molecular complexity index is 368. The van der Waals surface area contributed by atoms with E-state index in [0.717, 1.165) is 11.0 Å². The molecule has 0 spiro atoms. The van der Waals surface area contributed by atoms with Crippen LogP contribution in [0.3, 0.4) is 0 Å². The van der Waals surface area contributed by atoms with Crippen LogP contribution in [-0.2, 0) is 39.8 Å². The van der Waals surface area contributed by atoms with Crippen molar-refractivity contribution in [3.8, 4) is 0 Å². The van der Waals surface area contributed by atoms with Gasteiger partial charge >= 0.3 is 0 Å². The van der Waals surface area contributed by atoms with Crippen LogP contribution in [0.1, 0.15) is 13.8 Å². The van der Waals surface area contributed by atoms with Crippen LogP contribution in [-0.4, -0.2) is 9.55 Å². The van der Waals surface area contributed by atoms with Crippen molar-refractivity contribution < 1.29 is 32.7 Å². The number of aromatic nitrogens is 2. The average molecular weight is 263 g/mol. The fourth-order valence-electron chi connectivity index (χ4n) is 1.03. The normalized spacial score (nSPS) is 8.79. The molecule has 0 bridgehead atoms. The number of aryl methyl sites for hydroxylation is 1. The van der Waals surface area contributed by atoms with Gasteiger partial charge in [0, 0.05) is 39.0 Å². The number of rotatable bonds is 0. The maximum Gasteiger partial charge on any atom is 0.00125 e. The fourth-order valence-corrected chi connectivity index (χ4v) is 1.03. The monoisotopic (exact) mass is 263 g/mol. The van der Waals surface area contributed by atoms with Crippen LogP contribution in [0.25, 0.3) is 11.0 Å². The summed E-state index contributed by atoms with van der Waals surface area (Å²) in [5, 5.41) is 0. The fraction of sp³-hybridized carbons (Fsp3) is 0.273. The predicted molar refractivity (Wildman–Crippen MR) is 55.2 cm³/mol. The number of nitrogens with zero attached hydrogens (tertiary/aromatic N) is 2. The first-order valence-corrected chi connectivity index (χ1v) is 4.32. The van der Waals surface area contributed by atoms with E-state index in [1.165, 1.54) is 0 Å². The van der Waals surface area contributed by atoms with Crippen molar-refractivity contribution in [2.24, 2.45) is 7.05 Å². The van der Waals surface area contributed by atoms with E-state index in [2.05, 4.69) is 11.3 Å². The molecule has 0 amide bonds. The minimum atomic E-state index is 0. The Morgan fingerprint density at radius 1 is 1.29 bits per heavy atom. The third-order valence-electron chi connectivity index (χ3n) is 1.56. The van der Waals surface area contributed by atoms with Crippen LogP contribution in [0.2, 0.25) is 0 Å². The van der Waals surface area contributed by atoms with Crippen molar-refractivity contribution in [1.82, 2.24) is 9.55 Å². The third kappa shape index (κ3) is 3.51. The van der Waals surface area contributed by atoms with Crippen molar-refractivity contribution in [2.75, 3.05) is 0 Å². The van der Waals surface area contributed by atoms with Crippen molar-refractivity contribution in [3.05, 3.63) is 37.0 Å². The molecule has 0 aliphatic rings. The van der Waals surface area contributed by atoms with E-state index in [9.17, 15) is 0 Å². The van der Waals surface area contributed by atoms with Crippen LogP contribution >= 0.6 is 0 Å². The number of hydrogen-bond acceptors (Lipinski definition) is 1. The molecule has 1 heterocycles.